The minimum atomic E-state index is -1.04. The molecule has 2 N–H and O–H groups in total. The fraction of sp³-hybridized carbons (Fsp3) is 0.467. The number of carboxylic acid groups (broad SMARTS) is 1. The number of rotatable bonds is 3. The Labute approximate surface area is 117 Å². The number of aromatic carboxylic acids is 1. The number of benzene rings is 1. The summed E-state index contributed by atoms with van der Waals surface area (Å²) >= 11 is 0. The summed E-state index contributed by atoms with van der Waals surface area (Å²) in [5, 5.41) is 19.1. The zero-order valence-corrected chi connectivity index (χ0v) is 11.5. The summed E-state index contributed by atoms with van der Waals surface area (Å²) in [5.41, 5.74) is -0.176. The summed E-state index contributed by atoms with van der Waals surface area (Å²) in [7, 11) is 0. The fourth-order valence-corrected chi connectivity index (χ4v) is 2.45. The van der Waals surface area contributed by atoms with Gasteiger partial charge in [0.2, 0.25) is 0 Å². The molecule has 1 aliphatic heterocycles. The van der Waals surface area contributed by atoms with Gasteiger partial charge in [0.1, 0.15) is 0 Å². The van der Waals surface area contributed by atoms with Crippen LogP contribution in [0.25, 0.3) is 0 Å². The minimum Gasteiger partial charge on any atom is -0.478 e. The van der Waals surface area contributed by atoms with Gasteiger partial charge in [0.15, 0.2) is 0 Å². The zero-order chi connectivity index (χ0) is 14.8. The van der Waals surface area contributed by atoms with Gasteiger partial charge in [-0.1, -0.05) is 13.0 Å². The Bertz CT molecular complexity index is 518. The summed E-state index contributed by atoms with van der Waals surface area (Å²) < 4.78 is 0. The van der Waals surface area contributed by atoms with Gasteiger partial charge in [-0.05, 0) is 37.5 Å². The summed E-state index contributed by atoms with van der Waals surface area (Å²) in [6, 6.07) is 6.05. The summed E-state index contributed by atoms with van der Waals surface area (Å²) in [4.78, 5) is 24.9. The highest BCUT2D eigenvalue weighted by atomic mass is 16.4. The lowest BCUT2D eigenvalue weighted by molar-refractivity contribution is -0.0193. The van der Waals surface area contributed by atoms with Crippen molar-refractivity contribution in [1.82, 2.24) is 4.90 Å². The number of amides is 1. The SMILES string of the molecule is CCC1(O)CCN(C(=O)c2cccc(C(=O)O)c2)CC1. The number of carbonyl (C=O) groups excluding carboxylic acids is 1. The van der Waals surface area contributed by atoms with Crippen molar-refractivity contribution in [2.75, 3.05) is 13.1 Å². The van der Waals surface area contributed by atoms with Gasteiger partial charge in [0.25, 0.3) is 5.91 Å². The van der Waals surface area contributed by atoms with E-state index >= 15 is 0 Å². The van der Waals surface area contributed by atoms with E-state index in [2.05, 4.69) is 0 Å². The second-order valence-corrected chi connectivity index (χ2v) is 5.26. The molecule has 0 radical (unpaired) electrons. The number of likely N-dealkylation sites (tertiary alicyclic amines) is 1. The molecule has 5 heteroatoms. The van der Waals surface area contributed by atoms with Crippen molar-refractivity contribution >= 4 is 11.9 Å². The maximum absolute atomic E-state index is 12.3. The van der Waals surface area contributed by atoms with Crippen molar-refractivity contribution in [3.8, 4) is 0 Å². The van der Waals surface area contributed by atoms with E-state index in [1.807, 2.05) is 6.92 Å². The quantitative estimate of drug-likeness (QED) is 0.882. The van der Waals surface area contributed by atoms with E-state index < -0.39 is 11.6 Å². The normalized spacial score (nSPS) is 17.8. The highest BCUT2D eigenvalue weighted by Gasteiger charge is 2.32. The number of carbonyl (C=O) groups is 2. The molecule has 0 saturated carbocycles. The molecular weight excluding hydrogens is 258 g/mol. The van der Waals surface area contributed by atoms with Crippen LogP contribution in [0.5, 0.6) is 0 Å². The Kier molecular flexibility index (Phi) is 4.09. The molecule has 2 rings (SSSR count). The molecule has 5 nitrogen and oxygen atoms in total. The van der Waals surface area contributed by atoms with Crippen LogP contribution in [0.1, 0.15) is 46.9 Å². The molecule has 0 aromatic heterocycles. The van der Waals surface area contributed by atoms with Gasteiger partial charge in [-0.2, -0.15) is 0 Å². The number of hydrogen-bond acceptors (Lipinski definition) is 3. The van der Waals surface area contributed by atoms with E-state index in [-0.39, 0.29) is 11.5 Å². The molecule has 1 heterocycles. The Morgan fingerprint density at radius 2 is 1.85 bits per heavy atom. The van der Waals surface area contributed by atoms with E-state index in [4.69, 9.17) is 5.11 Å². The third-order valence-corrected chi connectivity index (χ3v) is 4.00. The monoisotopic (exact) mass is 277 g/mol. The lowest BCUT2D eigenvalue weighted by Gasteiger charge is -2.37. The van der Waals surface area contributed by atoms with Crippen molar-refractivity contribution in [2.24, 2.45) is 0 Å². The lowest BCUT2D eigenvalue weighted by atomic mass is 9.89. The molecule has 1 fully saturated rings. The van der Waals surface area contributed by atoms with Crippen molar-refractivity contribution in [3.63, 3.8) is 0 Å². The van der Waals surface area contributed by atoms with Crippen LogP contribution in [0, 0.1) is 0 Å². The molecule has 0 atom stereocenters. The first kappa shape index (κ1) is 14.5. The highest BCUT2D eigenvalue weighted by molar-refractivity contribution is 5.97. The molecule has 0 spiro atoms. The van der Waals surface area contributed by atoms with Gasteiger partial charge in [-0.25, -0.2) is 4.79 Å². The Balaban J connectivity index is 2.09. The van der Waals surface area contributed by atoms with Gasteiger partial charge >= 0.3 is 5.97 Å². The van der Waals surface area contributed by atoms with Crippen LogP contribution in [0.15, 0.2) is 24.3 Å². The molecule has 20 heavy (non-hydrogen) atoms. The average molecular weight is 277 g/mol. The zero-order valence-electron chi connectivity index (χ0n) is 11.5. The third-order valence-electron chi connectivity index (χ3n) is 4.00. The smallest absolute Gasteiger partial charge is 0.335 e. The summed E-state index contributed by atoms with van der Waals surface area (Å²) in [6.07, 6.45) is 1.81. The van der Waals surface area contributed by atoms with Crippen LogP contribution in [0.4, 0.5) is 0 Å². The highest BCUT2D eigenvalue weighted by Crippen LogP contribution is 2.26. The molecule has 1 saturated heterocycles. The summed E-state index contributed by atoms with van der Waals surface area (Å²) in [6.45, 7) is 2.94. The second-order valence-electron chi connectivity index (χ2n) is 5.26. The molecule has 1 aliphatic rings. The lowest BCUT2D eigenvalue weighted by Crippen LogP contribution is -2.46. The topological polar surface area (TPSA) is 77.8 Å². The predicted octanol–water partition coefficient (Wildman–Crippen LogP) is 1.76. The number of hydrogen-bond donors (Lipinski definition) is 2. The summed E-state index contributed by atoms with van der Waals surface area (Å²) in [5.74, 6) is -1.22. The maximum Gasteiger partial charge on any atom is 0.335 e. The van der Waals surface area contributed by atoms with Crippen LogP contribution in [0.2, 0.25) is 0 Å². The van der Waals surface area contributed by atoms with Gasteiger partial charge in [0.05, 0.1) is 11.2 Å². The third kappa shape index (κ3) is 2.99. The van der Waals surface area contributed by atoms with E-state index in [0.717, 1.165) is 0 Å². The van der Waals surface area contributed by atoms with E-state index in [1.165, 1.54) is 12.1 Å². The van der Waals surface area contributed by atoms with Crippen LogP contribution < -0.4 is 0 Å². The molecule has 108 valence electrons. The molecule has 0 aliphatic carbocycles. The van der Waals surface area contributed by atoms with Gasteiger partial charge in [0, 0.05) is 18.7 Å². The molecule has 0 unspecified atom stereocenters. The van der Waals surface area contributed by atoms with Crippen molar-refractivity contribution < 1.29 is 19.8 Å². The molecular formula is C15H19NO4. The largest absolute Gasteiger partial charge is 0.478 e. The Morgan fingerprint density at radius 1 is 1.25 bits per heavy atom. The number of aliphatic hydroxyl groups is 1. The van der Waals surface area contributed by atoms with Crippen LogP contribution in [-0.2, 0) is 0 Å². The molecule has 0 bridgehead atoms. The number of nitrogens with zero attached hydrogens (tertiary/aromatic N) is 1. The van der Waals surface area contributed by atoms with Crippen LogP contribution in [0.3, 0.4) is 0 Å². The Hall–Kier alpha value is -1.88. The van der Waals surface area contributed by atoms with Gasteiger partial charge in [-0.3, -0.25) is 4.79 Å². The molecule has 1 amide bonds. The predicted molar refractivity (Wildman–Crippen MR) is 73.8 cm³/mol. The van der Waals surface area contributed by atoms with Gasteiger partial charge in [-0.15, -0.1) is 0 Å². The molecule has 1 aromatic rings. The first-order valence-electron chi connectivity index (χ1n) is 6.80. The Morgan fingerprint density at radius 3 is 2.40 bits per heavy atom. The second kappa shape index (κ2) is 5.63. The first-order chi connectivity index (χ1) is 9.45. The number of piperidine rings is 1. The van der Waals surface area contributed by atoms with Crippen molar-refractivity contribution in [1.29, 1.82) is 0 Å². The van der Waals surface area contributed by atoms with E-state index in [9.17, 15) is 14.7 Å². The van der Waals surface area contributed by atoms with Crippen molar-refractivity contribution in [2.45, 2.75) is 31.8 Å². The fourth-order valence-electron chi connectivity index (χ4n) is 2.45. The van der Waals surface area contributed by atoms with Crippen LogP contribution >= 0.6 is 0 Å². The average Bonchev–Trinajstić information content (AvgIpc) is 2.47. The first-order valence-corrected chi connectivity index (χ1v) is 6.80. The van der Waals surface area contributed by atoms with E-state index in [1.54, 1.807) is 17.0 Å². The molecule has 1 aromatic carbocycles. The van der Waals surface area contributed by atoms with E-state index in [0.29, 0.717) is 37.9 Å². The minimum absolute atomic E-state index is 0.109. The van der Waals surface area contributed by atoms with Crippen LogP contribution in [-0.4, -0.2) is 45.7 Å². The number of carboxylic acids is 1. The standard InChI is InChI=1S/C15H19NO4/c1-2-15(20)6-8-16(9-7-15)13(17)11-4-3-5-12(10-11)14(18)19/h3-5,10,20H,2,6-9H2,1H3,(H,18,19). The maximum atomic E-state index is 12.3. The van der Waals surface area contributed by atoms with Gasteiger partial charge < -0.3 is 15.1 Å². The van der Waals surface area contributed by atoms with Crippen molar-refractivity contribution in [3.05, 3.63) is 35.4 Å².